The number of hydrogen-bond acceptors (Lipinski definition) is 3. The third-order valence-corrected chi connectivity index (χ3v) is 10.2. The van der Waals surface area contributed by atoms with E-state index in [1.807, 2.05) is 0 Å². The summed E-state index contributed by atoms with van der Waals surface area (Å²) in [4.78, 5) is 2.37. The summed E-state index contributed by atoms with van der Waals surface area (Å²) < 4.78 is 13.5. The first-order valence-corrected chi connectivity index (χ1v) is 16.0. The van der Waals surface area contributed by atoms with Gasteiger partial charge >= 0.3 is 0 Å². The van der Waals surface area contributed by atoms with Gasteiger partial charge in [0.05, 0.1) is 12.2 Å². The molecule has 41 heavy (non-hydrogen) atoms. The molecule has 3 heteroatoms. The summed E-state index contributed by atoms with van der Waals surface area (Å²) in [5.74, 6) is 1.52. The van der Waals surface area contributed by atoms with Gasteiger partial charge in [-0.15, -0.1) is 0 Å². The second-order valence-electron chi connectivity index (χ2n) is 14.5. The minimum atomic E-state index is -0.203. The van der Waals surface area contributed by atoms with E-state index in [4.69, 9.17) is 9.47 Å². The van der Waals surface area contributed by atoms with Gasteiger partial charge in [-0.05, 0) is 103 Å². The first-order chi connectivity index (χ1) is 19.6. The average molecular weight is 552 g/mol. The number of benzene rings is 3. The lowest BCUT2D eigenvalue weighted by molar-refractivity contribution is -0.268. The van der Waals surface area contributed by atoms with Crippen LogP contribution in [-0.4, -0.2) is 18.5 Å². The SMILES string of the molecule is CCCC(C)(C)C1CC2CC(C)(C)C3CC3Cc3ccc(cc3)N(c3ccc(C)cc3)c3ccc(cc3)CC(O2)O1. The zero-order valence-electron chi connectivity index (χ0n) is 26.0. The molecule has 5 unspecified atom stereocenters. The topological polar surface area (TPSA) is 21.7 Å². The summed E-state index contributed by atoms with van der Waals surface area (Å²) in [6, 6.07) is 27.2. The van der Waals surface area contributed by atoms with E-state index in [1.165, 1.54) is 53.0 Å². The van der Waals surface area contributed by atoms with Crippen LogP contribution in [-0.2, 0) is 22.3 Å². The van der Waals surface area contributed by atoms with Gasteiger partial charge in [-0.2, -0.15) is 0 Å². The highest BCUT2D eigenvalue weighted by Gasteiger charge is 2.49. The Morgan fingerprint density at radius 3 is 1.93 bits per heavy atom. The fraction of sp³-hybridized carbons (Fsp3) is 0.526. The Morgan fingerprint density at radius 2 is 1.34 bits per heavy atom. The lowest BCUT2D eigenvalue weighted by Crippen LogP contribution is -2.47. The molecule has 0 aromatic heterocycles. The molecule has 1 saturated heterocycles. The molecular weight excluding hydrogens is 502 g/mol. The highest BCUT2D eigenvalue weighted by Crippen LogP contribution is 2.55. The van der Waals surface area contributed by atoms with E-state index in [-0.39, 0.29) is 29.3 Å². The van der Waals surface area contributed by atoms with Crippen molar-refractivity contribution in [1.29, 1.82) is 0 Å². The number of hydrogen-bond donors (Lipinski definition) is 0. The number of aryl methyl sites for hydroxylation is 1. The molecule has 4 heterocycles. The monoisotopic (exact) mass is 551 g/mol. The van der Waals surface area contributed by atoms with E-state index in [0.717, 1.165) is 37.5 Å². The first-order valence-electron chi connectivity index (χ1n) is 16.0. The van der Waals surface area contributed by atoms with Gasteiger partial charge in [0.2, 0.25) is 0 Å². The Bertz CT molecular complexity index is 1310. The predicted octanol–water partition coefficient (Wildman–Crippen LogP) is 9.94. The van der Waals surface area contributed by atoms with Crippen LogP contribution in [0.4, 0.5) is 17.1 Å². The maximum absolute atomic E-state index is 6.78. The Morgan fingerprint density at radius 1 is 0.780 bits per heavy atom. The molecule has 4 aliphatic heterocycles. The van der Waals surface area contributed by atoms with Crippen molar-refractivity contribution < 1.29 is 9.47 Å². The molecule has 8 rings (SSSR count). The number of rotatable bonds is 4. The molecule has 0 N–H and O–H groups in total. The lowest BCUT2D eigenvalue weighted by atomic mass is 9.75. The van der Waals surface area contributed by atoms with Crippen molar-refractivity contribution >= 4 is 17.1 Å². The normalized spacial score (nSPS) is 27.7. The Hall–Kier alpha value is -2.62. The van der Waals surface area contributed by atoms with Crippen LogP contribution in [0, 0.1) is 29.6 Å². The molecule has 2 fully saturated rings. The molecule has 218 valence electrons. The van der Waals surface area contributed by atoms with E-state index in [1.54, 1.807) is 0 Å². The fourth-order valence-corrected chi connectivity index (χ4v) is 7.68. The quantitative estimate of drug-likeness (QED) is 0.322. The maximum Gasteiger partial charge on any atom is 0.162 e. The average Bonchev–Trinajstić information content (AvgIpc) is 3.71. The second kappa shape index (κ2) is 11.2. The highest BCUT2D eigenvalue weighted by atomic mass is 16.7. The third kappa shape index (κ3) is 6.27. The van der Waals surface area contributed by atoms with E-state index >= 15 is 0 Å². The molecule has 5 aliphatic rings. The predicted molar refractivity (Wildman–Crippen MR) is 170 cm³/mol. The van der Waals surface area contributed by atoms with Crippen molar-refractivity contribution in [2.24, 2.45) is 22.7 Å². The van der Waals surface area contributed by atoms with Crippen LogP contribution >= 0.6 is 0 Å². The molecule has 0 spiro atoms. The van der Waals surface area contributed by atoms with E-state index in [2.05, 4.69) is 119 Å². The number of nitrogens with zero attached hydrogens (tertiary/aromatic N) is 1. The number of ether oxygens (including phenoxy) is 2. The van der Waals surface area contributed by atoms with Crippen molar-refractivity contribution in [3.63, 3.8) is 0 Å². The molecule has 3 aromatic carbocycles. The third-order valence-electron chi connectivity index (χ3n) is 10.2. The smallest absolute Gasteiger partial charge is 0.162 e. The van der Waals surface area contributed by atoms with Gasteiger partial charge in [0, 0.05) is 29.9 Å². The standard InChI is InChI=1S/C38H49NO2/c1-7-20-37(3,4)35-24-33-25-38(5,6)34-23-29(34)21-27-10-16-31(17-11-27)39(30-14-8-26(2)9-15-30)32-18-12-28(13-19-32)22-36(40-33)41-35/h8-19,29,33-36H,7,20-25H2,1-6H3. The fourth-order valence-electron chi connectivity index (χ4n) is 7.68. The molecule has 0 radical (unpaired) electrons. The minimum Gasteiger partial charge on any atom is -0.349 e. The van der Waals surface area contributed by atoms with E-state index in [0.29, 0.717) is 0 Å². The molecule has 1 saturated carbocycles. The largest absolute Gasteiger partial charge is 0.349 e. The van der Waals surface area contributed by atoms with Crippen molar-refractivity contribution in [2.45, 2.75) is 105 Å². The van der Waals surface area contributed by atoms with Crippen LogP contribution in [0.3, 0.4) is 0 Å². The van der Waals surface area contributed by atoms with Gasteiger partial charge in [0.15, 0.2) is 6.29 Å². The maximum atomic E-state index is 6.78. The summed E-state index contributed by atoms with van der Waals surface area (Å²) in [6.07, 6.45) is 7.98. The molecular formula is C38H49NO2. The van der Waals surface area contributed by atoms with Gasteiger partial charge in [0.1, 0.15) is 0 Å². The van der Waals surface area contributed by atoms with Crippen LogP contribution < -0.4 is 4.90 Å². The van der Waals surface area contributed by atoms with Crippen molar-refractivity contribution in [3.05, 3.63) is 89.5 Å². The van der Waals surface area contributed by atoms with Crippen molar-refractivity contribution in [2.75, 3.05) is 4.90 Å². The number of anilines is 3. The van der Waals surface area contributed by atoms with E-state index in [9.17, 15) is 0 Å². The van der Waals surface area contributed by atoms with Gasteiger partial charge in [-0.1, -0.05) is 83.0 Å². The summed E-state index contributed by atoms with van der Waals surface area (Å²) in [5.41, 5.74) is 7.91. The first kappa shape index (κ1) is 28.5. The summed E-state index contributed by atoms with van der Waals surface area (Å²) in [6.45, 7) is 14.2. The van der Waals surface area contributed by atoms with E-state index < -0.39 is 0 Å². The van der Waals surface area contributed by atoms with Crippen LogP contribution in [0.1, 0.15) is 83.4 Å². The zero-order valence-corrected chi connectivity index (χ0v) is 26.0. The zero-order chi connectivity index (χ0) is 28.8. The summed E-state index contributed by atoms with van der Waals surface area (Å²) in [7, 11) is 0. The molecule has 0 amide bonds. The Kier molecular flexibility index (Phi) is 7.80. The summed E-state index contributed by atoms with van der Waals surface area (Å²) in [5, 5.41) is 0. The van der Waals surface area contributed by atoms with Crippen LogP contribution in [0.15, 0.2) is 72.8 Å². The molecule has 6 bridgehead atoms. The lowest BCUT2D eigenvalue weighted by Gasteiger charge is -2.45. The van der Waals surface area contributed by atoms with Gasteiger partial charge in [0.25, 0.3) is 0 Å². The van der Waals surface area contributed by atoms with Crippen molar-refractivity contribution in [3.8, 4) is 0 Å². The Labute approximate surface area is 248 Å². The molecule has 5 atom stereocenters. The molecule has 1 aliphatic carbocycles. The van der Waals surface area contributed by atoms with Gasteiger partial charge in [-0.25, -0.2) is 0 Å². The summed E-state index contributed by atoms with van der Waals surface area (Å²) >= 11 is 0. The van der Waals surface area contributed by atoms with Crippen LogP contribution in [0.5, 0.6) is 0 Å². The van der Waals surface area contributed by atoms with Crippen LogP contribution in [0.2, 0.25) is 0 Å². The molecule has 3 aromatic rings. The highest BCUT2D eigenvalue weighted by molar-refractivity contribution is 5.76. The molecule has 3 nitrogen and oxygen atoms in total. The van der Waals surface area contributed by atoms with Gasteiger partial charge < -0.3 is 14.4 Å². The van der Waals surface area contributed by atoms with Gasteiger partial charge in [-0.3, -0.25) is 0 Å². The Balaban J connectivity index is 1.36. The van der Waals surface area contributed by atoms with Crippen LogP contribution in [0.25, 0.3) is 0 Å². The number of fused-ring (bicyclic) bond motifs is 2. The minimum absolute atomic E-state index is 0.141. The second-order valence-corrected chi connectivity index (χ2v) is 14.5. The van der Waals surface area contributed by atoms with Crippen molar-refractivity contribution in [1.82, 2.24) is 0 Å².